The van der Waals surface area contributed by atoms with Gasteiger partial charge in [0.25, 0.3) is 5.91 Å². The number of aromatic hydroxyl groups is 1. The molecule has 0 radical (unpaired) electrons. The van der Waals surface area contributed by atoms with Crippen LogP contribution in [0.5, 0.6) is 5.75 Å². The lowest BCUT2D eigenvalue weighted by atomic mass is 10.2. The molecular weight excluding hydrogens is 360 g/mol. The fraction of sp³-hybridized carbons (Fsp3) is 0.176. The minimum absolute atomic E-state index is 0.00555. The number of nitrogens with one attached hydrogen (secondary N) is 2. The predicted molar refractivity (Wildman–Crippen MR) is 94.4 cm³/mol. The van der Waals surface area contributed by atoms with Gasteiger partial charge < -0.3 is 15.2 Å². The summed E-state index contributed by atoms with van der Waals surface area (Å²) in [5.74, 6) is -1.33. The number of hydrogen-bond donors (Lipinski definition) is 3. The molecule has 26 heavy (non-hydrogen) atoms. The first-order chi connectivity index (χ1) is 12.2. The van der Waals surface area contributed by atoms with E-state index < -0.39 is 28.5 Å². The maximum Gasteiger partial charge on any atom is 0.338 e. The fourth-order valence-corrected chi connectivity index (χ4v) is 3.08. The van der Waals surface area contributed by atoms with Gasteiger partial charge in [-0.3, -0.25) is 4.79 Å². The molecule has 0 saturated heterocycles. The van der Waals surface area contributed by atoms with Crippen LogP contribution in [0.1, 0.15) is 15.9 Å². The van der Waals surface area contributed by atoms with Gasteiger partial charge in [-0.2, -0.15) is 0 Å². The van der Waals surface area contributed by atoms with Crippen LogP contribution in [0.3, 0.4) is 0 Å². The highest BCUT2D eigenvalue weighted by Crippen LogP contribution is 2.20. The lowest BCUT2D eigenvalue weighted by Crippen LogP contribution is -2.22. The van der Waals surface area contributed by atoms with Gasteiger partial charge in [0.05, 0.1) is 10.5 Å². The highest BCUT2D eigenvalue weighted by Gasteiger charge is 2.16. The number of phenols is 1. The molecule has 0 unspecified atom stereocenters. The Morgan fingerprint density at radius 2 is 1.77 bits per heavy atom. The maximum absolute atomic E-state index is 11.9. The number of phenolic OH excluding ortho intramolecular Hbond substituents is 1. The predicted octanol–water partition coefficient (Wildman–Crippen LogP) is 1.40. The zero-order valence-corrected chi connectivity index (χ0v) is 15.0. The monoisotopic (exact) mass is 378 g/mol. The minimum Gasteiger partial charge on any atom is -0.508 e. The second-order valence-electron chi connectivity index (χ2n) is 5.36. The molecule has 0 fully saturated rings. The highest BCUT2D eigenvalue weighted by atomic mass is 32.2. The van der Waals surface area contributed by atoms with E-state index in [9.17, 15) is 23.1 Å². The topological polar surface area (TPSA) is 122 Å². The van der Waals surface area contributed by atoms with Crippen molar-refractivity contribution in [3.05, 3.63) is 53.6 Å². The molecular formula is C17H18N2O6S. The van der Waals surface area contributed by atoms with Gasteiger partial charge >= 0.3 is 5.97 Å². The van der Waals surface area contributed by atoms with E-state index in [4.69, 9.17) is 4.74 Å². The number of rotatable bonds is 6. The van der Waals surface area contributed by atoms with Gasteiger partial charge in [-0.05, 0) is 55.9 Å². The quantitative estimate of drug-likeness (QED) is 0.653. The summed E-state index contributed by atoms with van der Waals surface area (Å²) in [6, 6.07) is 9.81. The van der Waals surface area contributed by atoms with Gasteiger partial charge in [-0.1, -0.05) is 6.07 Å². The van der Waals surface area contributed by atoms with E-state index in [0.29, 0.717) is 5.56 Å². The molecule has 0 heterocycles. The number of sulfonamides is 1. The average Bonchev–Trinajstić information content (AvgIpc) is 2.61. The molecule has 0 spiro atoms. The van der Waals surface area contributed by atoms with Gasteiger partial charge in [0.2, 0.25) is 10.0 Å². The van der Waals surface area contributed by atoms with Crippen molar-refractivity contribution in [2.24, 2.45) is 0 Å². The lowest BCUT2D eigenvalue weighted by Gasteiger charge is -2.10. The van der Waals surface area contributed by atoms with Crippen LogP contribution in [-0.4, -0.2) is 39.1 Å². The molecule has 0 aromatic heterocycles. The van der Waals surface area contributed by atoms with E-state index in [2.05, 4.69) is 10.0 Å². The third-order valence-corrected chi connectivity index (χ3v) is 5.02. The summed E-state index contributed by atoms with van der Waals surface area (Å²) >= 11 is 0. The number of ether oxygens (including phenoxy) is 1. The van der Waals surface area contributed by atoms with Crippen LogP contribution in [0, 0.1) is 6.92 Å². The first-order valence-corrected chi connectivity index (χ1v) is 9.01. The van der Waals surface area contributed by atoms with E-state index in [1.807, 2.05) is 0 Å². The molecule has 0 aliphatic carbocycles. The summed E-state index contributed by atoms with van der Waals surface area (Å²) in [4.78, 5) is 23.8. The van der Waals surface area contributed by atoms with E-state index >= 15 is 0 Å². The largest absolute Gasteiger partial charge is 0.508 e. The lowest BCUT2D eigenvalue weighted by molar-refractivity contribution is -0.119. The van der Waals surface area contributed by atoms with Crippen molar-refractivity contribution in [2.75, 3.05) is 19.0 Å². The Morgan fingerprint density at radius 3 is 2.38 bits per heavy atom. The summed E-state index contributed by atoms with van der Waals surface area (Å²) in [7, 11) is -2.37. The molecule has 0 atom stereocenters. The van der Waals surface area contributed by atoms with E-state index in [1.54, 1.807) is 19.1 Å². The first kappa shape index (κ1) is 19.4. The molecule has 3 N–H and O–H groups in total. The molecule has 138 valence electrons. The van der Waals surface area contributed by atoms with Crippen molar-refractivity contribution in [2.45, 2.75) is 11.8 Å². The number of carbonyl (C=O) groups excluding carboxylic acids is 2. The van der Waals surface area contributed by atoms with Crippen molar-refractivity contribution < 1.29 is 27.9 Å². The Bertz CT molecular complexity index is 923. The van der Waals surface area contributed by atoms with Crippen molar-refractivity contribution in [3.8, 4) is 5.75 Å². The zero-order chi connectivity index (χ0) is 19.3. The van der Waals surface area contributed by atoms with Crippen LogP contribution in [-0.2, 0) is 19.6 Å². The second-order valence-corrected chi connectivity index (χ2v) is 7.21. The minimum atomic E-state index is -3.66. The SMILES string of the molecule is CNS(=O)(=O)c1cc(NC(=O)COC(=O)c2ccc(O)cc2)ccc1C. The molecule has 9 heteroatoms. The summed E-state index contributed by atoms with van der Waals surface area (Å²) in [5, 5.41) is 11.6. The van der Waals surface area contributed by atoms with Crippen LogP contribution >= 0.6 is 0 Å². The van der Waals surface area contributed by atoms with Crippen LogP contribution < -0.4 is 10.0 Å². The average molecular weight is 378 g/mol. The molecule has 0 aliphatic heterocycles. The first-order valence-electron chi connectivity index (χ1n) is 7.53. The Labute approximate surface area is 150 Å². The molecule has 2 aromatic carbocycles. The van der Waals surface area contributed by atoms with Gasteiger partial charge in [-0.15, -0.1) is 0 Å². The standard InChI is InChI=1S/C17H18N2O6S/c1-11-3-6-13(9-15(11)26(23,24)18-2)19-16(21)10-25-17(22)12-4-7-14(20)8-5-12/h3-9,18,20H,10H2,1-2H3,(H,19,21). The Morgan fingerprint density at radius 1 is 1.12 bits per heavy atom. The van der Waals surface area contributed by atoms with Gasteiger partial charge in [0.15, 0.2) is 6.61 Å². The summed E-state index contributed by atoms with van der Waals surface area (Å²) in [5.41, 5.74) is 0.972. The van der Waals surface area contributed by atoms with Gasteiger partial charge in [0.1, 0.15) is 5.75 Å². The van der Waals surface area contributed by atoms with Crippen molar-refractivity contribution in [1.82, 2.24) is 4.72 Å². The van der Waals surface area contributed by atoms with Crippen molar-refractivity contribution in [3.63, 3.8) is 0 Å². The van der Waals surface area contributed by atoms with Crippen molar-refractivity contribution in [1.29, 1.82) is 0 Å². The highest BCUT2D eigenvalue weighted by molar-refractivity contribution is 7.89. The van der Waals surface area contributed by atoms with Gasteiger partial charge in [-0.25, -0.2) is 17.9 Å². The maximum atomic E-state index is 11.9. The van der Waals surface area contributed by atoms with Crippen LogP contribution in [0.4, 0.5) is 5.69 Å². The third kappa shape index (κ3) is 4.80. The fourth-order valence-electron chi connectivity index (χ4n) is 2.09. The molecule has 2 aromatic rings. The molecule has 0 aliphatic rings. The normalized spacial score (nSPS) is 11.0. The smallest absolute Gasteiger partial charge is 0.338 e. The van der Waals surface area contributed by atoms with Crippen LogP contribution in [0.2, 0.25) is 0 Å². The number of anilines is 1. The second kappa shape index (κ2) is 7.98. The number of amides is 1. The van der Waals surface area contributed by atoms with Crippen LogP contribution in [0.25, 0.3) is 0 Å². The summed E-state index contributed by atoms with van der Waals surface area (Å²) < 4.78 is 31.0. The Kier molecular flexibility index (Phi) is 5.96. The number of benzene rings is 2. The molecule has 0 saturated carbocycles. The number of esters is 1. The molecule has 2 rings (SSSR count). The Balaban J connectivity index is 2.01. The van der Waals surface area contributed by atoms with E-state index in [0.717, 1.165) is 0 Å². The zero-order valence-electron chi connectivity index (χ0n) is 14.1. The number of aryl methyl sites for hydroxylation is 1. The molecule has 0 bridgehead atoms. The number of carbonyl (C=O) groups is 2. The Hall–Kier alpha value is -2.91. The third-order valence-electron chi connectivity index (χ3n) is 3.47. The summed E-state index contributed by atoms with van der Waals surface area (Å²) in [6.45, 7) is 1.09. The summed E-state index contributed by atoms with van der Waals surface area (Å²) in [6.07, 6.45) is 0. The van der Waals surface area contributed by atoms with Crippen LogP contribution in [0.15, 0.2) is 47.4 Å². The van der Waals surface area contributed by atoms with E-state index in [1.165, 1.54) is 37.4 Å². The number of hydrogen-bond acceptors (Lipinski definition) is 6. The molecule has 1 amide bonds. The van der Waals surface area contributed by atoms with Gasteiger partial charge in [0, 0.05) is 5.69 Å². The molecule has 8 nitrogen and oxygen atoms in total. The van der Waals surface area contributed by atoms with E-state index in [-0.39, 0.29) is 21.9 Å². The van der Waals surface area contributed by atoms with Crippen molar-refractivity contribution >= 4 is 27.6 Å².